The lowest BCUT2D eigenvalue weighted by molar-refractivity contribution is -0.119. The molecule has 1 fully saturated rings. The van der Waals surface area contributed by atoms with Crippen molar-refractivity contribution in [2.24, 2.45) is 5.73 Å². The Morgan fingerprint density at radius 1 is 1.46 bits per heavy atom. The molecule has 0 aromatic carbocycles. The average Bonchev–Trinajstić information content (AvgIpc) is 2.19. The van der Waals surface area contributed by atoms with Gasteiger partial charge in [0, 0.05) is 37.7 Å². The molecule has 1 aliphatic heterocycles. The Morgan fingerprint density at radius 2 is 2.15 bits per heavy atom. The molecule has 4 nitrogen and oxygen atoms in total. The fourth-order valence-electron chi connectivity index (χ4n) is 1.25. The molecule has 3 N–H and O–H groups in total. The Morgan fingerprint density at radius 3 is 2.77 bits per heavy atom. The zero-order valence-electron chi connectivity index (χ0n) is 7.79. The molecule has 0 spiro atoms. The van der Waals surface area contributed by atoms with E-state index in [-0.39, 0.29) is 12.5 Å². The van der Waals surface area contributed by atoms with E-state index in [1.807, 2.05) is 11.8 Å². The van der Waals surface area contributed by atoms with Gasteiger partial charge < -0.3 is 11.1 Å². The van der Waals surface area contributed by atoms with Crippen LogP contribution in [0.5, 0.6) is 0 Å². The monoisotopic (exact) mass is 203 g/mol. The van der Waals surface area contributed by atoms with E-state index in [2.05, 4.69) is 10.2 Å². The minimum atomic E-state index is -0.0635. The van der Waals surface area contributed by atoms with Gasteiger partial charge in [0.2, 0.25) is 5.91 Å². The van der Waals surface area contributed by atoms with Crippen molar-refractivity contribution in [1.82, 2.24) is 10.2 Å². The first-order chi connectivity index (χ1) is 6.33. The van der Waals surface area contributed by atoms with Crippen molar-refractivity contribution in [3.63, 3.8) is 0 Å². The van der Waals surface area contributed by atoms with Crippen LogP contribution >= 0.6 is 11.8 Å². The number of carbonyl (C=O) groups excluding carboxylic acids is 1. The number of hydrogen-bond acceptors (Lipinski definition) is 4. The van der Waals surface area contributed by atoms with Gasteiger partial charge in [0.15, 0.2) is 0 Å². The summed E-state index contributed by atoms with van der Waals surface area (Å²) in [6.45, 7) is 4.05. The second-order valence-corrected chi connectivity index (χ2v) is 4.23. The number of thioether (sulfide) groups is 1. The zero-order valence-corrected chi connectivity index (χ0v) is 8.61. The van der Waals surface area contributed by atoms with Crippen LogP contribution in [0.3, 0.4) is 0 Å². The molecule has 1 amide bonds. The molecule has 0 aromatic rings. The number of carbonyl (C=O) groups is 1. The molecule has 5 heteroatoms. The SMILES string of the molecule is NCC(=O)NCCN1CCSCC1. The third kappa shape index (κ3) is 4.50. The highest BCUT2D eigenvalue weighted by Gasteiger charge is 2.09. The summed E-state index contributed by atoms with van der Waals surface area (Å²) in [6.07, 6.45) is 0. The number of nitrogens with two attached hydrogens (primary N) is 1. The summed E-state index contributed by atoms with van der Waals surface area (Å²) in [4.78, 5) is 13.2. The maximum atomic E-state index is 10.8. The van der Waals surface area contributed by atoms with Gasteiger partial charge in [0.1, 0.15) is 0 Å². The predicted molar refractivity (Wildman–Crippen MR) is 55.8 cm³/mol. The average molecular weight is 203 g/mol. The molecule has 1 aliphatic rings. The summed E-state index contributed by atoms with van der Waals surface area (Å²) >= 11 is 1.99. The van der Waals surface area contributed by atoms with Crippen molar-refractivity contribution in [1.29, 1.82) is 0 Å². The van der Waals surface area contributed by atoms with Crippen molar-refractivity contribution in [2.45, 2.75) is 0 Å². The summed E-state index contributed by atoms with van der Waals surface area (Å²) in [5.41, 5.74) is 5.16. The summed E-state index contributed by atoms with van der Waals surface area (Å²) in [7, 11) is 0. The topological polar surface area (TPSA) is 58.4 Å². The summed E-state index contributed by atoms with van der Waals surface area (Å²) in [5, 5.41) is 2.77. The standard InChI is InChI=1S/C8H17N3OS/c9-7-8(12)10-1-2-11-3-5-13-6-4-11/h1-7,9H2,(H,10,12). The van der Waals surface area contributed by atoms with E-state index in [1.54, 1.807) is 0 Å². The molecule has 0 saturated carbocycles. The Kier molecular flexibility index (Phi) is 5.19. The van der Waals surface area contributed by atoms with Crippen molar-refractivity contribution in [3.05, 3.63) is 0 Å². The van der Waals surface area contributed by atoms with Crippen LogP contribution in [0, 0.1) is 0 Å². The van der Waals surface area contributed by atoms with Gasteiger partial charge in [-0.05, 0) is 0 Å². The van der Waals surface area contributed by atoms with Gasteiger partial charge in [-0.1, -0.05) is 0 Å². The Hall–Kier alpha value is -0.260. The van der Waals surface area contributed by atoms with Crippen LogP contribution in [0.15, 0.2) is 0 Å². The molecule has 76 valence electrons. The lowest BCUT2D eigenvalue weighted by Crippen LogP contribution is -2.40. The number of nitrogens with one attached hydrogen (secondary N) is 1. The molecule has 0 radical (unpaired) electrons. The number of amides is 1. The van der Waals surface area contributed by atoms with Gasteiger partial charge >= 0.3 is 0 Å². The van der Waals surface area contributed by atoms with Crippen LogP contribution in [0.1, 0.15) is 0 Å². The number of rotatable bonds is 4. The van der Waals surface area contributed by atoms with Crippen LogP contribution in [-0.4, -0.2) is 55.0 Å². The molecule has 0 aromatic heterocycles. The molecule has 1 heterocycles. The van der Waals surface area contributed by atoms with Gasteiger partial charge in [-0.3, -0.25) is 9.69 Å². The van der Waals surface area contributed by atoms with Crippen LogP contribution < -0.4 is 11.1 Å². The van der Waals surface area contributed by atoms with Crippen molar-refractivity contribution in [2.75, 3.05) is 44.2 Å². The highest BCUT2D eigenvalue weighted by Crippen LogP contribution is 2.07. The highest BCUT2D eigenvalue weighted by molar-refractivity contribution is 7.99. The van der Waals surface area contributed by atoms with E-state index in [9.17, 15) is 4.79 Å². The molecule has 1 rings (SSSR count). The molecule has 0 aliphatic carbocycles. The lowest BCUT2D eigenvalue weighted by atomic mass is 10.4. The maximum Gasteiger partial charge on any atom is 0.233 e. The first kappa shape index (κ1) is 10.8. The van der Waals surface area contributed by atoms with Gasteiger partial charge in [0.05, 0.1) is 6.54 Å². The van der Waals surface area contributed by atoms with Crippen LogP contribution in [0.25, 0.3) is 0 Å². The van der Waals surface area contributed by atoms with Gasteiger partial charge in [-0.15, -0.1) is 0 Å². The molecule has 0 unspecified atom stereocenters. The van der Waals surface area contributed by atoms with Crippen LogP contribution in [0.2, 0.25) is 0 Å². The molecule has 13 heavy (non-hydrogen) atoms. The fraction of sp³-hybridized carbons (Fsp3) is 0.875. The van der Waals surface area contributed by atoms with E-state index in [0.717, 1.165) is 26.2 Å². The first-order valence-corrected chi connectivity index (χ1v) is 5.75. The van der Waals surface area contributed by atoms with Crippen molar-refractivity contribution < 1.29 is 4.79 Å². The van der Waals surface area contributed by atoms with Crippen LogP contribution in [0.4, 0.5) is 0 Å². The summed E-state index contributed by atoms with van der Waals surface area (Å²) < 4.78 is 0. The highest BCUT2D eigenvalue weighted by atomic mass is 32.2. The largest absolute Gasteiger partial charge is 0.354 e. The second-order valence-electron chi connectivity index (χ2n) is 3.01. The molecule has 0 bridgehead atoms. The molecule has 1 saturated heterocycles. The summed E-state index contributed by atoms with van der Waals surface area (Å²) in [6, 6.07) is 0. The fourth-order valence-corrected chi connectivity index (χ4v) is 2.23. The maximum absolute atomic E-state index is 10.8. The van der Waals surface area contributed by atoms with Gasteiger partial charge in [-0.25, -0.2) is 0 Å². The minimum Gasteiger partial charge on any atom is -0.354 e. The minimum absolute atomic E-state index is 0.0635. The lowest BCUT2D eigenvalue weighted by Gasteiger charge is -2.25. The second kappa shape index (κ2) is 6.23. The van der Waals surface area contributed by atoms with Gasteiger partial charge in [0.25, 0.3) is 0 Å². The van der Waals surface area contributed by atoms with E-state index in [4.69, 9.17) is 5.73 Å². The molecular formula is C8H17N3OS. The zero-order chi connectivity index (χ0) is 9.52. The predicted octanol–water partition coefficient (Wildman–Crippen LogP) is -0.890. The van der Waals surface area contributed by atoms with Gasteiger partial charge in [-0.2, -0.15) is 11.8 Å². The Bertz CT molecular complexity index is 159. The number of nitrogens with zero attached hydrogens (tertiary/aromatic N) is 1. The normalized spacial score (nSPS) is 18.5. The molecule has 0 atom stereocenters. The third-order valence-corrected chi connectivity index (χ3v) is 2.98. The number of hydrogen-bond donors (Lipinski definition) is 2. The Labute approximate surface area is 83.2 Å². The van der Waals surface area contributed by atoms with E-state index in [0.29, 0.717) is 0 Å². The summed E-state index contributed by atoms with van der Waals surface area (Å²) in [5.74, 6) is 2.36. The van der Waals surface area contributed by atoms with E-state index >= 15 is 0 Å². The van der Waals surface area contributed by atoms with Crippen molar-refractivity contribution >= 4 is 17.7 Å². The van der Waals surface area contributed by atoms with E-state index in [1.165, 1.54) is 11.5 Å². The van der Waals surface area contributed by atoms with E-state index < -0.39 is 0 Å². The third-order valence-electron chi connectivity index (χ3n) is 2.04. The first-order valence-electron chi connectivity index (χ1n) is 4.60. The quantitative estimate of drug-likeness (QED) is 0.622. The smallest absolute Gasteiger partial charge is 0.233 e. The Balaban J connectivity index is 2.01. The van der Waals surface area contributed by atoms with Crippen molar-refractivity contribution in [3.8, 4) is 0 Å². The molecular weight excluding hydrogens is 186 g/mol. The van der Waals surface area contributed by atoms with Crippen LogP contribution in [-0.2, 0) is 4.79 Å².